The van der Waals surface area contributed by atoms with E-state index in [-0.39, 0.29) is 5.91 Å². The van der Waals surface area contributed by atoms with Gasteiger partial charge in [0.25, 0.3) is 0 Å². The van der Waals surface area contributed by atoms with Crippen LogP contribution in [0.5, 0.6) is 0 Å². The molecular weight excluding hydrogens is 348 g/mol. The highest BCUT2D eigenvalue weighted by atomic mass is 16.1. The SMILES string of the molecule is Cc1nn(C)c(C)c1CC(=O)NCc1ccc(CN2CC(C)CC(C)C2)cc1. The minimum absolute atomic E-state index is 0.0413. The second-order valence-corrected chi connectivity index (χ2v) is 8.68. The van der Waals surface area contributed by atoms with Crippen LogP contribution >= 0.6 is 0 Å². The van der Waals surface area contributed by atoms with Crippen molar-refractivity contribution >= 4 is 5.91 Å². The third-order valence-corrected chi connectivity index (χ3v) is 5.86. The molecule has 152 valence electrons. The van der Waals surface area contributed by atoms with Crippen LogP contribution in [0.3, 0.4) is 0 Å². The second-order valence-electron chi connectivity index (χ2n) is 8.68. The lowest BCUT2D eigenvalue weighted by Gasteiger charge is -2.35. The lowest BCUT2D eigenvalue weighted by Crippen LogP contribution is -2.38. The number of aryl methyl sites for hydroxylation is 2. The van der Waals surface area contributed by atoms with E-state index in [0.29, 0.717) is 13.0 Å². The first-order valence-corrected chi connectivity index (χ1v) is 10.4. The summed E-state index contributed by atoms with van der Waals surface area (Å²) >= 11 is 0. The Kier molecular flexibility index (Phi) is 6.55. The van der Waals surface area contributed by atoms with Gasteiger partial charge in [0, 0.05) is 44.5 Å². The number of hydrogen-bond donors (Lipinski definition) is 1. The number of amides is 1. The molecule has 2 atom stereocenters. The molecule has 2 heterocycles. The third-order valence-electron chi connectivity index (χ3n) is 5.86. The van der Waals surface area contributed by atoms with Gasteiger partial charge in [-0.3, -0.25) is 14.4 Å². The van der Waals surface area contributed by atoms with Gasteiger partial charge in [0.05, 0.1) is 12.1 Å². The van der Waals surface area contributed by atoms with Gasteiger partial charge in [0.2, 0.25) is 5.91 Å². The van der Waals surface area contributed by atoms with Crippen molar-refractivity contribution in [2.24, 2.45) is 18.9 Å². The van der Waals surface area contributed by atoms with Crippen LogP contribution in [0.4, 0.5) is 0 Å². The van der Waals surface area contributed by atoms with E-state index in [1.165, 1.54) is 25.1 Å². The number of piperidine rings is 1. The zero-order valence-electron chi connectivity index (χ0n) is 18.0. The molecule has 1 N–H and O–H groups in total. The monoisotopic (exact) mass is 382 g/mol. The Bertz CT molecular complexity index is 799. The van der Waals surface area contributed by atoms with Crippen LogP contribution in [0.15, 0.2) is 24.3 Å². The molecule has 1 fully saturated rings. The molecule has 0 saturated carbocycles. The van der Waals surface area contributed by atoms with Crippen molar-refractivity contribution in [3.05, 3.63) is 52.3 Å². The highest BCUT2D eigenvalue weighted by Crippen LogP contribution is 2.22. The van der Waals surface area contributed by atoms with Crippen LogP contribution in [0.2, 0.25) is 0 Å². The summed E-state index contributed by atoms with van der Waals surface area (Å²) in [4.78, 5) is 14.9. The molecule has 28 heavy (non-hydrogen) atoms. The molecule has 2 unspecified atom stereocenters. The zero-order valence-corrected chi connectivity index (χ0v) is 18.0. The maximum absolute atomic E-state index is 12.3. The van der Waals surface area contributed by atoms with Gasteiger partial charge in [-0.2, -0.15) is 5.10 Å². The van der Waals surface area contributed by atoms with Crippen molar-refractivity contribution < 1.29 is 4.79 Å². The molecule has 0 bridgehead atoms. The van der Waals surface area contributed by atoms with Crippen LogP contribution in [-0.4, -0.2) is 33.7 Å². The number of benzene rings is 1. The molecule has 3 rings (SSSR count). The molecule has 1 aromatic carbocycles. The van der Waals surface area contributed by atoms with Crippen molar-refractivity contribution in [2.75, 3.05) is 13.1 Å². The number of nitrogens with one attached hydrogen (secondary N) is 1. The molecule has 1 aromatic heterocycles. The highest BCUT2D eigenvalue weighted by molar-refractivity contribution is 5.79. The average Bonchev–Trinajstić information content (AvgIpc) is 2.86. The molecule has 0 radical (unpaired) electrons. The van der Waals surface area contributed by atoms with Gasteiger partial charge in [0.15, 0.2) is 0 Å². The lowest BCUT2D eigenvalue weighted by atomic mass is 9.91. The summed E-state index contributed by atoms with van der Waals surface area (Å²) in [5.41, 5.74) is 5.50. The first-order chi connectivity index (χ1) is 13.3. The number of carbonyl (C=O) groups is 1. The predicted octanol–water partition coefficient (Wildman–Crippen LogP) is 3.37. The van der Waals surface area contributed by atoms with E-state index in [0.717, 1.165) is 40.9 Å². The summed E-state index contributed by atoms with van der Waals surface area (Å²) in [5.74, 6) is 1.61. The Morgan fingerprint density at radius 3 is 2.29 bits per heavy atom. The van der Waals surface area contributed by atoms with Gasteiger partial charge in [0.1, 0.15) is 0 Å². The van der Waals surface area contributed by atoms with Crippen LogP contribution < -0.4 is 5.32 Å². The summed E-state index contributed by atoms with van der Waals surface area (Å²) in [6.07, 6.45) is 1.72. The molecule has 2 aromatic rings. The maximum Gasteiger partial charge on any atom is 0.224 e. The summed E-state index contributed by atoms with van der Waals surface area (Å²) in [7, 11) is 1.91. The predicted molar refractivity (Wildman–Crippen MR) is 113 cm³/mol. The minimum Gasteiger partial charge on any atom is -0.352 e. The normalized spacial score (nSPS) is 20.3. The van der Waals surface area contributed by atoms with Gasteiger partial charge < -0.3 is 5.32 Å². The average molecular weight is 383 g/mol. The van der Waals surface area contributed by atoms with Gasteiger partial charge in [-0.05, 0) is 43.2 Å². The summed E-state index contributed by atoms with van der Waals surface area (Å²) in [6.45, 7) is 12.6. The summed E-state index contributed by atoms with van der Waals surface area (Å²) in [5, 5.41) is 7.42. The number of likely N-dealkylation sites (tertiary alicyclic amines) is 1. The van der Waals surface area contributed by atoms with Crippen molar-refractivity contribution in [3.63, 3.8) is 0 Å². The first-order valence-electron chi connectivity index (χ1n) is 10.4. The largest absolute Gasteiger partial charge is 0.352 e. The maximum atomic E-state index is 12.3. The Morgan fingerprint density at radius 2 is 1.71 bits per heavy atom. The van der Waals surface area contributed by atoms with E-state index < -0.39 is 0 Å². The van der Waals surface area contributed by atoms with Crippen LogP contribution in [0.1, 0.15) is 48.3 Å². The van der Waals surface area contributed by atoms with E-state index in [1.807, 2.05) is 25.6 Å². The van der Waals surface area contributed by atoms with Crippen LogP contribution in [0, 0.1) is 25.7 Å². The molecule has 1 saturated heterocycles. The van der Waals surface area contributed by atoms with Gasteiger partial charge in [-0.1, -0.05) is 38.1 Å². The van der Waals surface area contributed by atoms with E-state index in [9.17, 15) is 4.79 Å². The number of hydrogen-bond acceptors (Lipinski definition) is 3. The van der Waals surface area contributed by atoms with Crippen molar-refractivity contribution in [1.82, 2.24) is 20.0 Å². The Morgan fingerprint density at radius 1 is 1.11 bits per heavy atom. The van der Waals surface area contributed by atoms with E-state index in [4.69, 9.17) is 0 Å². The Balaban J connectivity index is 1.49. The molecule has 1 aliphatic heterocycles. The van der Waals surface area contributed by atoms with Crippen molar-refractivity contribution in [1.29, 1.82) is 0 Å². The van der Waals surface area contributed by atoms with Gasteiger partial charge in [-0.25, -0.2) is 0 Å². The van der Waals surface area contributed by atoms with Gasteiger partial charge >= 0.3 is 0 Å². The molecule has 1 aliphatic rings. The fourth-order valence-corrected chi connectivity index (χ4v) is 4.44. The zero-order chi connectivity index (χ0) is 20.3. The van der Waals surface area contributed by atoms with E-state index >= 15 is 0 Å². The lowest BCUT2D eigenvalue weighted by molar-refractivity contribution is -0.120. The van der Waals surface area contributed by atoms with Crippen molar-refractivity contribution in [3.8, 4) is 0 Å². The fraction of sp³-hybridized carbons (Fsp3) is 0.565. The number of aromatic nitrogens is 2. The Labute approximate surface area is 169 Å². The Hall–Kier alpha value is -2.14. The molecule has 0 spiro atoms. The van der Waals surface area contributed by atoms with Gasteiger partial charge in [-0.15, -0.1) is 0 Å². The van der Waals surface area contributed by atoms with Crippen LogP contribution in [-0.2, 0) is 31.4 Å². The third kappa shape index (κ3) is 5.22. The minimum atomic E-state index is 0.0413. The molecule has 1 amide bonds. The van der Waals surface area contributed by atoms with Crippen molar-refractivity contribution in [2.45, 2.75) is 53.6 Å². The highest BCUT2D eigenvalue weighted by Gasteiger charge is 2.21. The van der Waals surface area contributed by atoms with E-state index in [1.54, 1.807) is 0 Å². The first kappa shape index (κ1) is 20.6. The smallest absolute Gasteiger partial charge is 0.224 e. The fourth-order valence-electron chi connectivity index (χ4n) is 4.44. The molecule has 5 heteroatoms. The number of rotatable bonds is 6. The van der Waals surface area contributed by atoms with Crippen LogP contribution in [0.25, 0.3) is 0 Å². The van der Waals surface area contributed by atoms with E-state index in [2.05, 4.69) is 53.4 Å². The molecular formula is C23H34N4O. The topological polar surface area (TPSA) is 50.2 Å². The molecule has 0 aliphatic carbocycles. The number of nitrogens with zero attached hydrogens (tertiary/aromatic N) is 3. The second kappa shape index (κ2) is 8.91. The summed E-state index contributed by atoms with van der Waals surface area (Å²) in [6, 6.07) is 8.65. The standard InChI is InChI=1S/C23H34N4O/c1-16-10-17(2)14-27(13-16)15-21-8-6-20(7-9-21)12-24-23(28)11-22-18(3)25-26(5)19(22)4/h6-9,16-17H,10-15H2,1-5H3,(H,24,28). The molecule has 5 nitrogen and oxygen atoms in total. The number of carbonyl (C=O) groups excluding carboxylic acids is 1. The summed E-state index contributed by atoms with van der Waals surface area (Å²) < 4.78 is 1.83. The quantitative estimate of drug-likeness (QED) is 0.833.